The lowest BCUT2D eigenvalue weighted by molar-refractivity contribution is 0.234. The van der Waals surface area contributed by atoms with Gasteiger partial charge in [0.1, 0.15) is 4.90 Å². The van der Waals surface area contributed by atoms with Gasteiger partial charge in [0.2, 0.25) is 19.9 Å². The maximum absolute atomic E-state index is 12.9. The Morgan fingerprint density at radius 3 is 2.08 bits per heavy atom. The number of hydrogen-bond acceptors (Lipinski definition) is 4. The van der Waals surface area contributed by atoms with Crippen LogP contribution in [0.1, 0.15) is 5.56 Å². The van der Waals surface area contributed by atoms with Crippen molar-refractivity contribution < 1.29 is 25.6 Å². The standard InChI is InChI=1S/C15H13Cl2F2NO4S2/c1-20(9-10-6-7-11(16)12(17)8-10)26(23,24)14-5-3-2-4-13(14)25(21,22)15(18)19/h2-8,15H,9H2,1H3. The predicted octanol–water partition coefficient (Wildman–Crippen LogP) is 3.81. The van der Waals surface area contributed by atoms with Crippen molar-refractivity contribution in [1.82, 2.24) is 4.31 Å². The second-order valence-corrected chi connectivity index (χ2v) is 9.98. The maximum Gasteiger partial charge on any atom is 0.341 e. The van der Waals surface area contributed by atoms with Gasteiger partial charge in [-0.3, -0.25) is 0 Å². The molecule has 2 rings (SSSR count). The number of sulfonamides is 1. The molecule has 5 nitrogen and oxygen atoms in total. The summed E-state index contributed by atoms with van der Waals surface area (Å²) in [6, 6.07) is 8.71. The van der Waals surface area contributed by atoms with Crippen LogP contribution in [0.5, 0.6) is 0 Å². The summed E-state index contributed by atoms with van der Waals surface area (Å²) in [4.78, 5) is -1.67. The fraction of sp³-hybridized carbons (Fsp3) is 0.200. The molecule has 0 heterocycles. The van der Waals surface area contributed by atoms with Crippen LogP contribution in [-0.2, 0) is 26.4 Å². The molecule has 0 atom stereocenters. The molecule has 2 aromatic carbocycles. The van der Waals surface area contributed by atoms with Gasteiger partial charge in [0, 0.05) is 13.6 Å². The van der Waals surface area contributed by atoms with E-state index in [-0.39, 0.29) is 16.6 Å². The monoisotopic (exact) mass is 443 g/mol. The summed E-state index contributed by atoms with van der Waals surface area (Å²) in [7, 11) is -8.25. The van der Waals surface area contributed by atoms with Gasteiger partial charge in [0.25, 0.3) is 0 Å². The number of rotatable bonds is 6. The van der Waals surface area contributed by atoms with Gasteiger partial charge in [-0.1, -0.05) is 41.4 Å². The van der Waals surface area contributed by atoms with Gasteiger partial charge in [0.05, 0.1) is 14.9 Å². The fourth-order valence-corrected chi connectivity index (χ4v) is 5.16. The molecule has 0 spiro atoms. The minimum absolute atomic E-state index is 0.164. The first kappa shape index (κ1) is 21.0. The normalized spacial score (nSPS) is 12.7. The molecule has 26 heavy (non-hydrogen) atoms. The molecule has 0 bridgehead atoms. The van der Waals surface area contributed by atoms with Crippen molar-refractivity contribution in [3.05, 3.63) is 58.1 Å². The van der Waals surface area contributed by atoms with Gasteiger partial charge in [-0.25, -0.2) is 16.8 Å². The van der Waals surface area contributed by atoms with Crippen LogP contribution >= 0.6 is 23.2 Å². The van der Waals surface area contributed by atoms with Crippen molar-refractivity contribution in [3.8, 4) is 0 Å². The second kappa shape index (κ2) is 7.77. The van der Waals surface area contributed by atoms with Crippen molar-refractivity contribution in [3.63, 3.8) is 0 Å². The average Bonchev–Trinajstić information content (AvgIpc) is 2.58. The van der Waals surface area contributed by atoms with E-state index in [4.69, 9.17) is 23.2 Å². The molecule has 0 aromatic heterocycles. The van der Waals surface area contributed by atoms with E-state index >= 15 is 0 Å². The summed E-state index contributed by atoms with van der Waals surface area (Å²) >= 11 is 11.7. The van der Waals surface area contributed by atoms with Crippen molar-refractivity contribution in [2.24, 2.45) is 0 Å². The molecule has 0 aliphatic rings. The highest BCUT2D eigenvalue weighted by atomic mass is 35.5. The van der Waals surface area contributed by atoms with Crippen LogP contribution in [0.4, 0.5) is 8.78 Å². The van der Waals surface area contributed by atoms with E-state index in [2.05, 4.69) is 0 Å². The van der Waals surface area contributed by atoms with Gasteiger partial charge < -0.3 is 0 Å². The smallest absolute Gasteiger partial charge is 0.218 e. The third-order valence-electron chi connectivity index (χ3n) is 3.47. The molecule has 0 N–H and O–H groups in total. The Balaban J connectivity index is 2.46. The third kappa shape index (κ3) is 4.17. The SMILES string of the molecule is CN(Cc1ccc(Cl)c(Cl)c1)S(=O)(=O)c1ccccc1S(=O)(=O)C(F)F. The highest BCUT2D eigenvalue weighted by Gasteiger charge is 2.34. The molecule has 0 amide bonds. The van der Waals surface area contributed by atoms with Crippen molar-refractivity contribution in [2.45, 2.75) is 22.1 Å². The zero-order chi connectivity index (χ0) is 19.7. The van der Waals surface area contributed by atoms with Crippen molar-refractivity contribution in [1.29, 1.82) is 0 Å². The molecule has 0 aliphatic heterocycles. The molecule has 0 unspecified atom stereocenters. The lowest BCUT2D eigenvalue weighted by Gasteiger charge is -2.19. The van der Waals surface area contributed by atoms with E-state index < -0.39 is 35.4 Å². The van der Waals surface area contributed by atoms with Gasteiger partial charge in [0.15, 0.2) is 0 Å². The molecular formula is C15H13Cl2F2NO4S2. The van der Waals surface area contributed by atoms with Crippen LogP contribution in [0.2, 0.25) is 10.0 Å². The Kier molecular flexibility index (Phi) is 6.29. The Bertz CT molecular complexity index is 1030. The first-order valence-electron chi connectivity index (χ1n) is 6.99. The number of nitrogens with zero attached hydrogens (tertiary/aromatic N) is 1. The Labute approximate surface area is 160 Å². The van der Waals surface area contributed by atoms with Crippen molar-refractivity contribution >= 4 is 43.1 Å². The average molecular weight is 444 g/mol. The van der Waals surface area contributed by atoms with E-state index in [1.807, 2.05) is 0 Å². The number of alkyl halides is 2. The van der Waals surface area contributed by atoms with E-state index in [0.29, 0.717) is 5.56 Å². The summed E-state index contributed by atoms with van der Waals surface area (Å²) in [5.41, 5.74) is 0.486. The summed E-state index contributed by atoms with van der Waals surface area (Å²) < 4.78 is 75.7. The van der Waals surface area contributed by atoms with Crippen LogP contribution in [0.3, 0.4) is 0 Å². The summed E-state index contributed by atoms with van der Waals surface area (Å²) in [5.74, 6) is -3.74. The van der Waals surface area contributed by atoms with Gasteiger partial charge in [-0.15, -0.1) is 0 Å². The first-order valence-corrected chi connectivity index (χ1v) is 10.7. The molecule has 0 saturated heterocycles. The molecule has 0 radical (unpaired) electrons. The minimum atomic E-state index is -5.09. The number of halogens is 4. The fourth-order valence-electron chi connectivity index (χ4n) is 2.14. The van der Waals surface area contributed by atoms with Crippen LogP contribution in [0.25, 0.3) is 0 Å². The van der Waals surface area contributed by atoms with Gasteiger partial charge >= 0.3 is 5.76 Å². The molecule has 0 saturated carbocycles. The molecule has 0 aliphatic carbocycles. The molecule has 0 fully saturated rings. The topological polar surface area (TPSA) is 71.5 Å². The predicted molar refractivity (Wildman–Crippen MR) is 94.7 cm³/mol. The molecular weight excluding hydrogens is 431 g/mol. The quantitative estimate of drug-likeness (QED) is 0.680. The Morgan fingerprint density at radius 2 is 1.54 bits per heavy atom. The van der Waals surface area contributed by atoms with Crippen molar-refractivity contribution in [2.75, 3.05) is 7.05 Å². The lowest BCUT2D eigenvalue weighted by Crippen LogP contribution is -2.28. The number of sulfone groups is 1. The van der Waals surface area contributed by atoms with E-state index in [9.17, 15) is 25.6 Å². The van der Waals surface area contributed by atoms with E-state index in [1.165, 1.54) is 31.3 Å². The number of benzene rings is 2. The summed E-state index contributed by atoms with van der Waals surface area (Å²) in [6.45, 7) is -0.164. The minimum Gasteiger partial charge on any atom is -0.218 e. The van der Waals surface area contributed by atoms with Crippen LogP contribution in [0.15, 0.2) is 52.3 Å². The second-order valence-electron chi connectivity index (χ2n) is 5.26. The summed E-state index contributed by atoms with van der Waals surface area (Å²) in [5, 5.41) is 0.505. The van der Waals surface area contributed by atoms with Crippen LogP contribution in [-0.4, -0.2) is 33.9 Å². The Morgan fingerprint density at radius 1 is 0.962 bits per heavy atom. The molecule has 2 aromatic rings. The maximum atomic E-state index is 12.9. The first-order chi connectivity index (χ1) is 12.0. The highest BCUT2D eigenvalue weighted by Crippen LogP contribution is 2.29. The van der Waals surface area contributed by atoms with Gasteiger partial charge in [-0.05, 0) is 29.8 Å². The van der Waals surface area contributed by atoms with Gasteiger partial charge in [-0.2, -0.15) is 13.1 Å². The lowest BCUT2D eigenvalue weighted by atomic mass is 10.2. The van der Waals surface area contributed by atoms with E-state index in [0.717, 1.165) is 16.4 Å². The highest BCUT2D eigenvalue weighted by molar-refractivity contribution is 7.93. The number of hydrogen-bond donors (Lipinski definition) is 0. The third-order valence-corrected chi connectivity index (χ3v) is 7.64. The van der Waals surface area contributed by atoms with Crippen LogP contribution in [0, 0.1) is 0 Å². The molecule has 142 valence electrons. The van der Waals surface area contributed by atoms with Crippen LogP contribution < -0.4 is 0 Å². The summed E-state index contributed by atoms with van der Waals surface area (Å²) in [6.07, 6.45) is 0. The molecule has 11 heteroatoms. The zero-order valence-corrected chi connectivity index (χ0v) is 16.4. The van der Waals surface area contributed by atoms with E-state index in [1.54, 1.807) is 6.07 Å². The largest absolute Gasteiger partial charge is 0.341 e. The zero-order valence-electron chi connectivity index (χ0n) is 13.2. The Hall–Kier alpha value is -1.26.